The molecule has 3 rings (SSSR count). The van der Waals surface area contributed by atoms with Crippen molar-refractivity contribution in [2.24, 2.45) is 0 Å². The number of aryl methyl sites for hydroxylation is 2. The van der Waals surface area contributed by atoms with Gasteiger partial charge in [-0.1, -0.05) is 26.0 Å². The summed E-state index contributed by atoms with van der Waals surface area (Å²) in [6, 6.07) is 8.55. The molecular weight excluding hydrogens is 315 g/mol. The summed E-state index contributed by atoms with van der Waals surface area (Å²) in [5.74, 6) is -0.0943. The molecule has 0 aliphatic heterocycles. The average molecular weight is 336 g/mol. The minimum absolute atomic E-state index is 0.178. The van der Waals surface area contributed by atoms with Gasteiger partial charge in [0.25, 0.3) is 0 Å². The van der Waals surface area contributed by atoms with E-state index in [2.05, 4.69) is 19.9 Å². The second kappa shape index (κ2) is 6.63. The third-order valence-corrected chi connectivity index (χ3v) is 4.36. The fourth-order valence-electron chi connectivity index (χ4n) is 3.27. The quantitative estimate of drug-likeness (QED) is 0.491. The first kappa shape index (κ1) is 17.1. The standard InChI is InChI=1S/C21H21FN2O/c1-13(2)20-18(6-5-11-25)19(16-7-9-17(22)10-8-16)21-14(3)12-15(4)24(21)23-20/h5-13H,1-4H3. The van der Waals surface area contributed by atoms with Crippen molar-refractivity contribution in [3.05, 3.63) is 64.7 Å². The summed E-state index contributed by atoms with van der Waals surface area (Å²) in [6.07, 6.45) is 4.05. The maximum atomic E-state index is 13.4. The summed E-state index contributed by atoms with van der Waals surface area (Å²) in [5.41, 5.74) is 6.82. The van der Waals surface area contributed by atoms with E-state index in [4.69, 9.17) is 5.10 Å². The van der Waals surface area contributed by atoms with Crippen LogP contribution < -0.4 is 0 Å². The molecule has 0 unspecified atom stereocenters. The zero-order valence-electron chi connectivity index (χ0n) is 14.9. The lowest BCUT2D eigenvalue weighted by molar-refractivity contribution is -0.104. The van der Waals surface area contributed by atoms with Gasteiger partial charge in [-0.25, -0.2) is 8.91 Å². The minimum atomic E-state index is -0.272. The van der Waals surface area contributed by atoms with Crippen LogP contribution >= 0.6 is 0 Å². The number of carbonyl (C=O) groups excluding carboxylic acids is 1. The summed E-state index contributed by atoms with van der Waals surface area (Å²) in [5, 5.41) is 4.83. The smallest absolute Gasteiger partial charge is 0.142 e. The highest BCUT2D eigenvalue weighted by Crippen LogP contribution is 2.36. The molecule has 3 aromatic rings. The second-order valence-electron chi connectivity index (χ2n) is 6.56. The second-order valence-corrected chi connectivity index (χ2v) is 6.56. The third-order valence-electron chi connectivity index (χ3n) is 4.36. The first-order chi connectivity index (χ1) is 11.9. The third kappa shape index (κ3) is 3.00. The fraction of sp³-hybridized carbons (Fsp3) is 0.238. The zero-order chi connectivity index (χ0) is 18.1. The van der Waals surface area contributed by atoms with Crippen LogP contribution in [-0.2, 0) is 4.79 Å². The predicted molar refractivity (Wildman–Crippen MR) is 99.2 cm³/mol. The molecule has 0 amide bonds. The highest BCUT2D eigenvalue weighted by Gasteiger charge is 2.20. The number of hydrogen-bond acceptors (Lipinski definition) is 2. The Morgan fingerprint density at radius 2 is 1.84 bits per heavy atom. The van der Waals surface area contributed by atoms with Crippen LogP contribution in [-0.4, -0.2) is 15.9 Å². The molecule has 0 fully saturated rings. The maximum absolute atomic E-state index is 13.4. The molecule has 0 saturated carbocycles. The molecule has 0 radical (unpaired) electrons. The van der Waals surface area contributed by atoms with E-state index in [-0.39, 0.29) is 11.7 Å². The zero-order valence-corrected chi connectivity index (χ0v) is 14.9. The Morgan fingerprint density at radius 3 is 2.44 bits per heavy atom. The summed E-state index contributed by atoms with van der Waals surface area (Å²) in [7, 11) is 0. The molecule has 0 aliphatic carbocycles. The van der Waals surface area contributed by atoms with E-state index in [1.165, 1.54) is 18.2 Å². The van der Waals surface area contributed by atoms with E-state index in [1.807, 2.05) is 18.4 Å². The number of hydrogen-bond donors (Lipinski definition) is 0. The summed E-state index contributed by atoms with van der Waals surface area (Å²) < 4.78 is 15.4. The van der Waals surface area contributed by atoms with Gasteiger partial charge in [-0.05, 0) is 61.2 Å². The number of aldehydes is 1. The number of allylic oxidation sites excluding steroid dienone is 1. The number of aromatic nitrogens is 2. The van der Waals surface area contributed by atoms with E-state index in [0.29, 0.717) is 0 Å². The van der Waals surface area contributed by atoms with Gasteiger partial charge in [0, 0.05) is 16.8 Å². The normalized spacial score (nSPS) is 11.8. The Bertz CT molecular complexity index is 966. The van der Waals surface area contributed by atoms with Gasteiger partial charge in [0.15, 0.2) is 0 Å². The SMILES string of the molecule is Cc1cc(C)n2nc(C(C)C)c(C=CC=O)c(-c3ccc(F)cc3)c12. The topological polar surface area (TPSA) is 34.4 Å². The largest absolute Gasteiger partial charge is 0.299 e. The van der Waals surface area contributed by atoms with Crippen molar-refractivity contribution in [1.82, 2.24) is 9.61 Å². The maximum Gasteiger partial charge on any atom is 0.142 e. The van der Waals surface area contributed by atoms with Crippen molar-refractivity contribution in [1.29, 1.82) is 0 Å². The molecule has 0 bridgehead atoms. The molecular formula is C21H21FN2O. The molecule has 3 nitrogen and oxygen atoms in total. The molecule has 0 aliphatic rings. The Hall–Kier alpha value is -2.75. The highest BCUT2D eigenvalue weighted by molar-refractivity contribution is 5.92. The first-order valence-electron chi connectivity index (χ1n) is 8.34. The van der Waals surface area contributed by atoms with Crippen molar-refractivity contribution < 1.29 is 9.18 Å². The molecule has 2 aromatic heterocycles. The minimum Gasteiger partial charge on any atom is -0.299 e. The molecule has 25 heavy (non-hydrogen) atoms. The van der Waals surface area contributed by atoms with Crippen LogP contribution in [0.15, 0.2) is 36.4 Å². The van der Waals surface area contributed by atoms with Gasteiger partial charge in [-0.15, -0.1) is 0 Å². The van der Waals surface area contributed by atoms with E-state index in [9.17, 15) is 9.18 Å². The number of benzene rings is 1. The Labute approximate surface area is 146 Å². The van der Waals surface area contributed by atoms with Gasteiger partial charge in [0.1, 0.15) is 12.1 Å². The Balaban J connectivity index is 2.49. The summed E-state index contributed by atoms with van der Waals surface area (Å²) >= 11 is 0. The van der Waals surface area contributed by atoms with Crippen LogP contribution in [0.2, 0.25) is 0 Å². The van der Waals surface area contributed by atoms with Crippen LogP contribution in [0.4, 0.5) is 4.39 Å². The Morgan fingerprint density at radius 1 is 1.16 bits per heavy atom. The van der Waals surface area contributed by atoms with E-state index in [1.54, 1.807) is 18.2 Å². The molecule has 1 aromatic carbocycles. The van der Waals surface area contributed by atoms with Crippen molar-refractivity contribution in [2.45, 2.75) is 33.6 Å². The first-order valence-corrected chi connectivity index (χ1v) is 8.34. The average Bonchev–Trinajstić information content (AvgIpc) is 2.86. The van der Waals surface area contributed by atoms with E-state index < -0.39 is 0 Å². The summed E-state index contributed by atoms with van der Waals surface area (Å²) in [4.78, 5) is 10.9. The molecule has 0 atom stereocenters. The summed E-state index contributed by atoms with van der Waals surface area (Å²) in [6.45, 7) is 8.21. The highest BCUT2D eigenvalue weighted by atomic mass is 19.1. The Kier molecular flexibility index (Phi) is 4.53. The fourth-order valence-corrected chi connectivity index (χ4v) is 3.27. The van der Waals surface area contributed by atoms with Gasteiger partial charge >= 0.3 is 0 Å². The van der Waals surface area contributed by atoms with Crippen molar-refractivity contribution in [3.63, 3.8) is 0 Å². The number of carbonyl (C=O) groups is 1. The van der Waals surface area contributed by atoms with E-state index in [0.717, 1.165) is 45.4 Å². The number of rotatable bonds is 4. The van der Waals surface area contributed by atoms with Crippen LogP contribution in [0.25, 0.3) is 22.7 Å². The number of halogens is 1. The monoisotopic (exact) mass is 336 g/mol. The van der Waals surface area contributed by atoms with Crippen LogP contribution in [0, 0.1) is 19.7 Å². The molecule has 128 valence electrons. The molecule has 4 heteroatoms. The van der Waals surface area contributed by atoms with Gasteiger partial charge in [-0.3, -0.25) is 4.79 Å². The molecule has 0 N–H and O–H groups in total. The van der Waals surface area contributed by atoms with Crippen molar-refractivity contribution in [2.75, 3.05) is 0 Å². The lowest BCUT2D eigenvalue weighted by atomic mass is 9.93. The number of fused-ring (bicyclic) bond motifs is 1. The lowest BCUT2D eigenvalue weighted by Crippen LogP contribution is -2.07. The van der Waals surface area contributed by atoms with Crippen molar-refractivity contribution >= 4 is 17.9 Å². The molecule has 2 heterocycles. The molecule has 0 spiro atoms. The van der Waals surface area contributed by atoms with Crippen LogP contribution in [0.3, 0.4) is 0 Å². The van der Waals surface area contributed by atoms with Crippen LogP contribution in [0.5, 0.6) is 0 Å². The predicted octanol–water partition coefficient (Wildman–Crippen LogP) is 5.09. The van der Waals surface area contributed by atoms with Gasteiger partial charge in [0.05, 0.1) is 11.2 Å². The van der Waals surface area contributed by atoms with E-state index >= 15 is 0 Å². The van der Waals surface area contributed by atoms with Gasteiger partial charge in [0.2, 0.25) is 0 Å². The van der Waals surface area contributed by atoms with Crippen LogP contribution in [0.1, 0.15) is 42.3 Å². The van der Waals surface area contributed by atoms with Gasteiger partial charge < -0.3 is 0 Å². The number of nitrogens with zero attached hydrogens (tertiary/aromatic N) is 2. The van der Waals surface area contributed by atoms with Crippen molar-refractivity contribution in [3.8, 4) is 11.1 Å². The van der Waals surface area contributed by atoms with Gasteiger partial charge in [-0.2, -0.15) is 5.10 Å². The molecule has 0 saturated heterocycles. The lowest BCUT2D eigenvalue weighted by Gasteiger charge is -2.17.